The molecule has 0 atom stereocenters. The van der Waals surface area contributed by atoms with Crippen LogP contribution in [0.3, 0.4) is 0 Å². The summed E-state index contributed by atoms with van der Waals surface area (Å²) in [5.41, 5.74) is 0. The van der Waals surface area contributed by atoms with E-state index < -0.39 is 10.2 Å². The Hall–Kier alpha value is -0.500. The summed E-state index contributed by atoms with van der Waals surface area (Å²) < 4.78 is 28.5. The van der Waals surface area contributed by atoms with E-state index in [0.29, 0.717) is 19.6 Å². The molecule has 1 aromatic heterocycles. The number of aromatic nitrogens is 1. The minimum atomic E-state index is -3.33. The molecule has 0 aliphatic carbocycles. The summed E-state index contributed by atoms with van der Waals surface area (Å²) in [7, 11) is -3.33. The largest absolute Gasteiger partial charge is 0.279 e. The van der Waals surface area contributed by atoms with Crippen LogP contribution in [-0.2, 0) is 16.8 Å². The van der Waals surface area contributed by atoms with Gasteiger partial charge in [-0.15, -0.1) is 11.3 Å². The minimum Gasteiger partial charge on any atom is -0.250 e. The monoisotopic (exact) mass is 289 g/mol. The van der Waals surface area contributed by atoms with Gasteiger partial charge in [0.15, 0.2) is 0 Å². The van der Waals surface area contributed by atoms with Crippen LogP contribution in [0.15, 0.2) is 6.20 Å². The van der Waals surface area contributed by atoms with E-state index in [1.807, 2.05) is 6.92 Å². The van der Waals surface area contributed by atoms with Crippen LogP contribution in [0.5, 0.6) is 0 Å². The Balaban J connectivity index is 1.93. The Kier molecular flexibility index (Phi) is 4.71. The first-order valence-electron chi connectivity index (χ1n) is 6.24. The molecule has 2 heterocycles. The summed E-state index contributed by atoms with van der Waals surface area (Å²) in [6, 6.07) is 0. The second-order valence-corrected chi connectivity index (χ2v) is 7.56. The highest BCUT2D eigenvalue weighted by atomic mass is 32.2. The number of hydrogen-bond donors (Lipinski definition) is 1. The third-order valence-corrected chi connectivity index (χ3v) is 5.47. The predicted octanol–water partition coefficient (Wildman–Crippen LogP) is 1.66. The van der Waals surface area contributed by atoms with Crippen LogP contribution in [0, 0.1) is 6.92 Å². The maximum atomic E-state index is 12.1. The van der Waals surface area contributed by atoms with Crippen molar-refractivity contribution in [2.24, 2.45) is 0 Å². The molecule has 0 bridgehead atoms. The molecule has 2 rings (SSSR count). The molecule has 0 saturated carbocycles. The van der Waals surface area contributed by atoms with Gasteiger partial charge in [0, 0.05) is 30.7 Å². The standard InChI is InChI=1S/C11H19N3O2S2/c1-10-12-8-11(17-10)9-13-18(15,16)14-6-4-2-3-5-7-14/h8,13H,2-7,9H2,1H3. The zero-order valence-corrected chi connectivity index (χ0v) is 12.2. The highest BCUT2D eigenvalue weighted by Crippen LogP contribution is 2.14. The van der Waals surface area contributed by atoms with Crippen LogP contribution in [0.4, 0.5) is 0 Å². The van der Waals surface area contributed by atoms with Gasteiger partial charge in [0.2, 0.25) is 0 Å². The van der Waals surface area contributed by atoms with Crippen LogP contribution in [-0.4, -0.2) is 30.8 Å². The van der Waals surface area contributed by atoms with Gasteiger partial charge in [-0.05, 0) is 19.8 Å². The Labute approximate surface area is 112 Å². The van der Waals surface area contributed by atoms with Gasteiger partial charge in [-0.25, -0.2) is 4.98 Å². The molecule has 0 aromatic carbocycles. The average Bonchev–Trinajstić information content (AvgIpc) is 2.59. The highest BCUT2D eigenvalue weighted by Gasteiger charge is 2.22. The molecule has 0 amide bonds. The summed E-state index contributed by atoms with van der Waals surface area (Å²) in [6.07, 6.45) is 5.90. The fourth-order valence-corrected chi connectivity index (χ4v) is 4.11. The second kappa shape index (κ2) is 6.10. The summed E-state index contributed by atoms with van der Waals surface area (Å²) in [6.45, 7) is 3.52. The van der Waals surface area contributed by atoms with Gasteiger partial charge in [0.1, 0.15) is 0 Å². The molecule has 0 spiro atoms. The quantitative estimate of drug-likeness (QED) is 0.917. The first-order chi connectivity index (χ1) is 8.58. The molecule has 18 heavy (non-hydrogen) atoms. The van der Waals surface area contributed by atoms with Crippen LogP contribution in [0.1, 0.15) is 35.6 Å². The Morgan fingerprint density at radius 2 is 2.00 bits per heavy atom. The fourth-order valence-electron chi connectivity index (χ4n) is 2.02. The van der Waals surface area contributed by atoms with Gasteiger partial charge >= 0.3 is 0 Å². The molecule has 0 radical (unpaired) electrons. The summed E-state index contributed by atoms with van der Waals surface area (Å²) in [5.74, 6) is 0. The van der Waals surface area contributed by atoms with E-state index in [0.717, 1.165) is 35.6 Å². The smallest absolute Gasteiger partial charge is 0.250 e. The third kappa shape index (κ3) is 3.74. The van der Waals surface area contributed by atoms with Crippen molar-refractivity contribution in [3.8, 4) is 0 Å². The zero-order chi connectivity index (χ0) is 13.0. The summed E-state index contributed by atoms with van der Waals surface area (Å²) in [4.78, 5) is 5.06. The first-order valence-corrected chi connectivity index (χ1v) is 8.49. The molecule has 0 unspecified atom stereocenters. The lowest BCUT2D eigenvalue weighted by Gasteiger charge is -2.19. The maximum absolute atomic E-state index is 12.1. The Morgan fingerprint density at radius 3 is 2.56 bits per heavy atom. The van der Waals surface area contributed by atoms with Gasteiger partial charge in [0.05, 0.1) is 5.01 Å². The number of hydrogen-bond acceptors (Lipinski definition) is 4. The van der Waals surface area contributed by atoms with E-state index in [9.17, 15) is 8.42 Å². The Morgan fingerprint density at radius 1 is 1.33 bits per heavy atom. The summed E-state index contributed by atoms with van der Waals surface area (Å²) in [5, 5.41) is 0.957. The van der Waals surface area contributed by atoms with E-state index in [1.54, 1.807) is 10.5 Å². The van der Waals surface area contributed by atoms with Crippen LogP contribution in [0.25, 0.3) is 0 Å². The molecule has 1 N–H and O–H groups in total. The fraction of sp³-hybridized carbons (Fsp3) is 0.727. The van der Waals surface area contributed by atoms with Crippen molar-refractivity contribution in [3.63, 3.8) is 0 Å². The lowest BCUT2D eigenvalue weighted by molar-refractivity contribution is 0.415. The van der Waals surface area contributed by atoms with Gasteiger partial charge in [-0.3, -0.25) is 0 Å². The van der Waals surface area contributed by atoms with E-state index in [1.165, 1.54) is 11.3 Å². The van der Waals surface area contributed by atoms with E-state index in [2.05, 4.69) is 9.71 Å². The first kappa shape index (κ1) is 13.9. The minimum absolute atomic E-state index is 0.338. The maximum Gasteiger partial charge on any atom is 0.279 e. The molecular weight excluding hydrogens is 270 g/mol. The van der Waals surface area contributed by atoms with Crippen LogP contribution >= 0.6 is 11.3 Å². The van der Waals surface area contributed by atoms with E-state index >= 15 is 0 Å². The normalized spacial score (nSPS) is 18.7. The van der Waals surface area contributed by atoms with Gasteiger partial charge in [0.25, 0.3) is 10.2 Å². The number of nitrogens with one attached hydrogen (secondary N) is 1. The number of nitrogens with zero attached hydrogens (tertiary/aromatic N) is 2. The molecule has 1 aliphatic rings. The topological polar surface area (TPSA) is 62.3 Å². The van der Waals surface area contributed by atoms with Crippen molar-refractivity contribution in [2.45, 2.75) is 39.2 Å². The lowest BCUT2D eigenvalue weighted by atomic mass is 10.2. The third-order valence-electron chi connectivity index (χ3n) is 3.00. The van der Waals surface area contributed by atoms with Crippen molar-refractivity contribution in [1.82, 2.24) is 14.0 Å². The van der Waals surface area contributed by atoms with Gasteiger partial charge in [-0.1, -0.05) is 12.8 Å². The van der Waals surface area contributed by atoms with Crippen molar-refractivity contribution in [2.75, 3.05) is 13.1 Å². The molecule has 1 aliphatic heterocycles. The van der Waals surface area contributed by atoms with Crippen molar-refractivity contribution in [1.29, 1.82) is 0 Å². The lowest BCUT2D eigenvalue weighted by Crippen LogP contribution is -2.40. The van der Waals surface area contributed by atoms with Crippen LogP contribution in [0.2, 0.25) is 0 Å². The van der Waals surface area contributed by atoms with E-state index in [-0.39, 0.29) is 0 Å². The molecule has 1 fully saturated rings. The molecule has 7 heteroatoms. The molecule has 5 nitrogen and oxygen atoms in total. The summed E-state index contributed by atoms with van der Waals surface area (Å²) >= 11 is 1.52. The SMILES string of the molecule is Cc1ncc(CNS(=O)(=O)N2CCCCCC2)s1. The van der Waals surface area contributed by atoms with E-state index in [4.69, 9.17) is 0 Å². The number of thiazole rings is 1. The Bertz CT molecular complexity index is 476. The molecule has 102 valence electrons. The average molecular weight is 289 g/mol. The number of rotatable bonds is 4. The molecule has 1 aromatic rings. The second-order valence-electron chi connectivity index (χ2n) is 4.49. The predicted molar refractivity (Wildman–Crippen MR) is 72.7 cm³/mol. The van der Waals surface area contributed by atoms with Gasteiger partial charge in [-0.2, -0.15) is 17.4 Å². The van der Waals surface area contributed by atoms with Crippen molar-refractivity contribution >= 4 is 21.5 Å². The number of aryl methyl sites for hydroxylation is 1. The van der Waals surface area contributed by atoms with Crippen molar-refractivity contribution < 1.29 is 8.42 Å². The van der Waals surface area contributed by atoms with Crippen molar-refractivity contribution in [3.05, 3.63) is 16.1 Å². The highest BCUT2D eigenvalue weighted by molar-refractivity contribution is 7.87. The molecular formula is C11H19N3O2S2. The molecule has 1 saturated heterocycles. The zero-order valence-electron chi connectivity index (χ0n) is 10.6. The van der Waals surface area contributed by atoms with Crippen LogP contribution < -0.4 is 4.72 Å². The van der Waals surface area contributed by atoms with Gasteiger partial charge < -0.3 is 0 Å².